The number of thiocarbonyl (C=S) groups is 1. The van der Waals surface area contributed by atoms with E-state index >= 15 is 0 Å². The number of fused-ring (bicyclic) bond motifs is 1. The van der Waals surface area contributed by atoms with Gasteiger partial charge in [-0.1, -0.05) is 31.2 Å². The molecule has 1 atom stereocenters. The van der Waals surface area contributed by atoms with Gasteiger partial charge in [0, 0.05) is 13.1 Å². The topological polar surface area (TPSA) is 62.8 Å². The lowest BCUT2D eigenvalue weighted by molar-refractivity contribution is -0.127. The van der Waals surface area contributed by atoms with E-state index in [4.69, 9.17) is 21.7 Å². The Hall–Kier alpha value is -2.80. The summed E-state index contributed by atoms with van der Waals surface area (Å²) in [6.07, 6.45) is 0.266. The van der Waals surface area contributed by atoms with E-state index in [-0.39, 0.29) is 5.91 Å². The zero-order chi connectivity index (χ0) is 19.9. The van der Waals surface area contributed by atoms with Gasteiger partial charge in [0.15, 0.2) is 11.2 Å². The number of benzene rings is 2. The van der Waals surface area contributed by atoms with Gasteiger partial charge in [0.1, 0.15) is 11.5 Å². The predicted molar refractivity (Wildman–Crippen MR) is 114 cm³/mol. The molecular formula is C21H25N3O3S. The van der Waals surface area contributed by atoms with Crippen LogP contribution < -0.4 is 25.0 Å². The molecule has 1 amide bonds. The van der Waals surface area contributed by atoms with Crippen molar-refractivity contribution in [2.24, 2.45) is 0 Å². The highest BCUT2D eigenvalue weighted by atomic mass is 32.1. The van der Waals surface area contributed by atoms with Crippen LogP contribution in [0.15, 0.2) is 48.5 Å². The van der Waals surface area contributed by atoms with Crippen LogP contribution in [0.25, 0.3) is 0 Å². The van der Waals surface area contributed by atoms with Gasteiger partial charge in [-0.3, -0.25) is 4.79 Å². The van der Waals surface area contributed by atoms with Crippen LogP contribution in [-0.4, -0.2) is 37.3 Å². The largest absolute Gasteiger partial charge is 0.497 e. The zero-order valence-electron chi connectivity index (χ0n) is 16.1. The molecule has 28 heavy (non-hydrogen) atoms. The van der Waals surface area contributed by atoms with Gasteiger partial charge in [-0.25, -0.2) is 0 Å². The molecule has 2 aromatic carbocycles. The molecule has 1 aliphatic heterocycles. The number of nitrogens with one attached hydrogen (secondary N) is 2. The monoisotopic (exact) mass is 399 g/mol. The Morgan fingerprint density at radius 3 is 2.68 bits per heavy atom. The van der Waals surface area contributed by atoms with Crippen molar-refractivity contribution in [1.29, 1.82) is 0 Å². The van der Waals surface area contributed by atoms with Gasteiger partial charge >= 0.3 is 0 Å². The van der Waals surface area contributed by atoms with Gasteiger partial charge < -0.3 is 25.0 Å². The van der Waals surface area contributed by atoms with Crippen LogP contribution >= 0.6 is 12.2 Å². The predicted octanol–water partition coefficient (Wildman–Crippen LogP) is 2.86. The number of amides is 1. The quantitative estimate of drug-likeness (QED) is 0.729. The molecule has 0 fully saturated rings. The van der Waals surface area contributed by atoms with E-state index in [0.29, 0.717) is 30.5 Å². The number of hydrogen-bond donors (Lipinski definition) is 2. The average molecular weight is 400 g/mol. The van der Waals surface area contributed by atoms with Gasteiger partial charge in [0.25, 0.3) is 5.91 Å². The van der Waals surface area contributed by atoms with Crippen LogP contribution in [0.4, 0.5) is 5.69 Å². The van der Waals surface area contributed by atoms with E-state index in [9.17, 15) is 4.79 Å². The first-order chi connectivity index (χ1) is 13.6. The molecule has 6 nitrogen and oxygen atoms in total. The number of rotatable bonds is 6. The van der Waals surface area contributed by atoms with Gasteiger partial charge in [-0.15, -0.1) is 0 Å². The third-order valence-electron chi connectivity index (χ3n) is 4.46. The Morgan fingerprint density at radius 1 is 1.21 bits per heavy atom. The van der Waals surface area contributed by atoms with Crippen molar-refractivity contribution in [3.8, 4) is 11.5 Å². The lowest BCUT2D eigenvalue weighted by Crippen LogP contribution is -2.53. The number of methoxy groups -OCH3 is 1. The summed E-state index contributed by atoms with van der Waals surface area (Å²) in [5.41, 5.74) is 1.94. The SMILES string of the molecule is CCCNC(=O)[C@H]1CN(C(=S)NCc2ccc(OC)cc2)c2ccccc2O1. The number of ether oxygens (including phenoxy) is 2. The highest BCUT2D eigenvalue weighted by molar-refractivity contribution is 7.80. The molecule has 0 saturated carbocycles. The number of para-hydroxylation sites is 2. The molecule has 2 N–H and O–H groups in total. The fourth-order valence-electron chi connectivity index (χ4n) is 2.94. The number of hydrogen-bond acceptors (Lipinski definition) is 4. The fourth-order valence-corrected chi connectivity index (χ4v) is 3.19. The molecule has 0 bridgehead atoms. The lowest BCUT2D eigenvalue weighted by atomic mass is 10.2. The third-order valence-corrected chi connectivity index (χ3v) is 4.83. The molecule has 0 aromatic heterocycles. The molecule has 7 heteroatoms. The van der Waals surface area contributed by atoms with Gasteiger partial charge in [-0.05, 0) is 48.5 Å². The van der Waals surface area contributed by atoms with Crippen molar-refractivity contribution >= 4 is 28.9 Å². The molecule has 0 aliphatic carbocycles. The summed E-state index contributed by atoms with van der Waals surface area (Å²) in [4.78, 5) is 14.4. The minimum absolute atomic E-state index is 0.126. The summed E-state index contributed by atoms with van der Waals surface area (Å²) < 4.78 is 11.1. The van der Waals surface area contributed by atoms with Crippen molar-refractivity contribution in [2.75, 3.05) is 25.1 Å². The highest BCUT2D eigenvalue weighted by Gasteiger charge is 2.32. The lowest BCUT2D eigenvalue weighted by Gasteiger charge is -2.35. The van der Waals surface area contributed by atoms with Crippen LogP contribution in [0.1, 0.15) is 18.9 Å². The molecule has 2 aromatic rings. The first kappa shape index (κ1) is 19.9. The number of carbonyl (C=O) groups excluding carboxylic acids is 1. The number of nitrogens with zero attached hydrogens (tertiary/aromatic N) is 1. The van der Waals surface area contributed by atoms with E-state index in [1.807, 2.05) is 60.4 Å². The van der Waals surface area contributed by atoms with Gasteiger partial charge in [0.05, 0.1) is 19.3 Å². The van der Waals surface area contributed by atoms with E-state index in [1.165, 1.54) is 0 Å². The molecule has 0 saturated heterocycles. The second kappa shape index (κ2) is 9.41. The minimum Gasteiger partial charge on any atom is -0.497 e. The third kappa shape index (κ3) is 4.72. The Balaban J connectivity index is 1.70. The van der Waals surface area contributed by atoms with Crippen molar-refractivity contribution < 1.29 is 14.3 Å². The summed E-state index contributed by atoms with van der Waals surface area (Å²) >= 11 is 5.63. The maximum absolute atomic E-state index is 12.4. The first-order valence-electron chi connectivity index (χ1n) is 9.34. The Kier molecular flexibility index (Phi) is 6.71. The normalized spacial score (nSPS) is 15.2. The van der Waals surface area contributed by atoms with Crippen molar-refractivity contribution in [1.82, 2.24) is 10.6 Å². The second-order valence-corrected chi connectivity index (χ2v) is 6.87. The molecule has 3 rings (SSSR count). The maximum Gasteiger partial charge on any atom is 0.262 e. The van der Waals surface area contributed by atoms with Gasteiger partial charge in [0.2, 0.25) is 0 Å². The van der Waals surface area contributed by atoms with Crippen LogP contribution in [0, 0.1) is 0 Å². The average Bonchev–Trinajstić information content (AvgIpc) is 2.75. The second-order valence-electron chi connectivity index (χ2n) is 6.48. The van der Waals surface area contributed by atoms with Crippen LogP contribution in [-0.2, 0) is 11.3 Å². The fraction of sp³-hybridized carbons (Fsp3) is 0.333. The van der Waals surface area contributed by atoms with Crippen LogP contribution in [0.5, 0.6) is 11.5 Å². The standard InChI is InChI=1S/C21H25N3O3S/c1-3-12-22-20(25)19-14-24(17-6-4-5-7-18(17)27-19)21(28)23-13-15-8-10-16(26-2)11-9-15/h4-11,19H,3,12-14H2,1-2H3,(H,22,25)(H,23,28)/t19-/m1/s1. The molecule has 1 aliphatic rings. The summed E-state index contributed by atoms with van der Waals surface area (Å²) in [6.45, 7) is 3.58. The van der Waals surface area contributed by atoms with Crippen molar-refractivity contribution in [2.45, 2.75) is 26.0 Å². The Morgan fingerprint density at radius 2 is 1.96 bits per heavy atom. The van der Waals surface area contributed by atoms with E-state index in [1.54, 1.807) is 7.11 Å². The smallest absolute Gasteiger partial charge is 0.262 e. The maximum atomic E-state index is 12.4. The summed E-state index contributed by atoms with van der Waals surface area (Å²) in [5.74, 6) is 1.34. The molecule has 148 valence electrons. The van der Waals surface area contributed by atoms with E-state index in [0.717, 1.165) is 23.4 Å². The van der Waals surface area contributed by atoms with E-state index in [2.05, 4.69) is 10.6 Å². The first-order valence-corrected chi connectivity index (χ1v) is 9.75. The summed E-state index contributed by atoms with van der Waals surface area (Å²) in [7, 11) is 1.64. The van der Waals surface area contributed by atoms with Crippen molar-refractivity contribution in [3.05, 3.63) is 54.1 Å². The Bertz CT molecular complexity index is 826. The van der Waals surface area contributed by atoms with Crippen LogP contribution in [0.3, 0.4) is 0 Å². The number of anilines is 1. The van der Waals surface area contributed by atoms with E-state index < -0.39 is 6.10 Å². The minimum atomic E-state index is -0.609. The summed E-state index contributed by atoms with van der Waals surface area (Å²) in [5, 5.41) is 6.73. The molecule has 0 unspecified atom stereocenters. The summed E-state index contributed by atoms with van der Waals surface area (Å²) in [6, 6.07) is 15.4. The molecule has 1 heterocycles. The van der Waals surface area contributed by atoms with Crippen LogP contribution in [0.2, 0.25) is 0 Å². The van der Waals surface area contributed by atoms with Gasteiger partial charge in [-0.2, -0.15) is 0 Å². The highest BCUT2D eigenvalue weighted by Crippen LogP contribution is 2.33. The van der Waals surface area contributed by atoms with Crippen molar-refractivity contribution in [3.63, 3.8) is 0 Å². The molecule has 0 radical (unpaired) electrons. The molecular weight excluding hydrogens is 374 g/mol. The number of carbonyl (C=O) groups is 1. The molecule has 0 spiro atoms. The zero-order valence-corrected chi connectivity index (χ0v) is 16.9. The Labute approximate surface area is 170 Å².